The summed E-state index contributed by atoms with van der Waals surface area (Å²) in [6.45, 7) is 3.76. The molecule has 1 saturated heterocycles. The van der Waals surface area contributed by atoms with Crippen molar-refractivity contribution >= 4 is 23.4 Å². The van der Waals surface area contributed by atoms with E-state index in [-0.39, 0.29) is 6.42 Å². The Kier molecular flexibility index (Phi) is 4.68. The summed E-state index contributed by atoms with van der Waals surface area (Å²) < 4.78 is 0. The Morgan fingerprint density at radius 1 is 1.08 bits per heavy atom. The summed E-state index contributed by atoms with van der Waals surface area (Å²) in [4.78, 5) is 18.4. The van der Waals surface area contributed by atoms with Crippen molar-refractivity contribution in [2.45, 2.75) is 28.7 Å². The fraction of sp³-hybridized carbons (Fsp3) is 0.350. The lowest BCUT2D eigenvalue weighted by molar-refractivity contribution is -0.137. The summed E-state index contributed by atoms with van der Waals surface area (Å²) in [5, 5.41) is 8.88. The maximum atomic E-state index is 10.8. The fourth-order valence-corrected chi connectivity index (χ4v) is 4.94. The quantitative estimate of drug-likeness (QED) is 0.903. The number of carboxylic acids is 1. The minimum Gasteiger partial charge on any atom is -0.481 e. The van der Waals surface area contributed by atoms with Crippen molar-refractivity contribution in [1.29, 1.82) is 0 Å². The lowest BCUT2D eigenvalue weighted by Crippen LogP contribution is -2.48. The summed E-state index contributed by atoms with van der Waals surface area (Å²) in [6.07, 6.45) is 0.967. The molecule has 130 valence electrons. The van der Waals surface area contributed by atoms with Gasteiger partial charge in [-0.15, -0.1) is 0 Å². The number of rotatable bonds is 4. The predicted molar refractivity (Wildman–Crippen MR) is 100 cm³/mol. The van der Waals surface area contributed by atoms with Crippen LogP contribution in [0, 0.1) is 0 Å². The van der Waals surface area contributed by atoms with E-state index in [1.54, 1.807) is 0 Å². The van der Waals surface area contributed by atoms with Gasteiger partial charge in [0.15, 0.2) is 0 Å². The number of nitrogens with zero attached hydrogens (tertiary/aromatic N) is 2. The van der Waals surface area contributed by atoms with E-state index in [9.17, 15) is 4.79 Å². The first-order valence-electron chi connectivity index (χ1n) is 8.79. The standard InChI is InChI=1S/C20H22N2O2S/c23-20(24)10-5-11-21-12-13-22-16-7-2-4-9-19(16)25-18-8-3-1-6-15(18)17(22)14-21/h1-4,6-9,17H,5,10-14H2,(H,23,24). The first-order valence-corrected chi connectivity index (χ1v) is 9.60. The van der Waals surface area contributed by atoms with Gasteiger partial charge in [-0.3, -0.25) is 9.69 Å². The lowest BCUT2D eigenvalue weighted by Gasteiger charge is -2.43. The van der Waals surface area contributed by atoms with E-state index < -0.39 is 5.97 Å². The van der Waals surface area contributed by atoms with Crippen LogP contribution < -0.4 is 4.90 Å². The molecular weight excluding hydrogens is 332 g/mol. The summed E-state index contributed by atoms with van der Waals surface area (Å²) >= 11 is 1.85. The van der Waals surface area contributed by atoms with Crippen LogP contribution in [0.4, 0.5) is 5.69 Å². The van der Waals surface area contributed by atoms with Gasteiger partial charge in [0.05, 0.1) is 11.7 Å². The highest BCUT2D eigenvalue weighted by Gasteiger charge is 2.33. The highest BCUT2D eigenvalue weighted by Crippen LogP contribution is 2.46. The molecule has 4 nitrogen and oxygen atoms in total. The van der Waals surface area contributed by atoms with Crippen LogP contribution in [0.5, 0.6) is 0 Å². The molecule has 1 N–H and O–H groups in total. The van der Waals surface area contributed by atoms with Crippen molar-refractivity contribution in [2.75, 3.05) is 31.1 Å². The van der Waals surface area contributed by atoms with E-state index in [2.05, 4.69) is 58.3 Å². The third kappa shape index (κ3) is 3.39. The number of carbonyl (C=O) groups is 1. The zero-order valence-electron chi connectivity index (χ0n) is 14.1. The summed E-state index contributed by atoms with van der Waals surface area (Å²) in [5.41, 5.74) is 2.70. The molecule has 1 unspecified atom stereocenters. The third-order valence-corrected chi connectivity index (χ3v) is 6.16. The zero-order chi connectivity index (χ0) is 17.2. The fourth-order valence-electron chi connectivity index (χ4n) is 3.80. The van der Waals surface area contributed by atoms with Gasteiger partial charge in [0.2, 0.25) is 0 Å². The van der Waals surface area contributed by atoms with Crippen molar-refractivity contribution in [1.82, 2.24) is 4.90 Å². The number of para-hydroxylation sites is 1. The zero-order valence-corrected chi connectivity index (χ0v) is 14.9. The summed E-state index contributed by atoms with van der Waals surface area (Å²) in [6, 6.07) is 17.7. The van der Waals surface area contributed by atoms with Crippen LogP contribution in [-0.4, -0.2) is 42.2 Å². The number of anilines is 1. The minimum atomic E-state index is -0.705. The number of carboxylic acid groups (broad SMARTS) is 1. The number of piperazine rings is 1. The van der Waals surface area contributed by atoms with Gasteiger partial charge in [0.1, 0.15) is 0 Å². The highest BCUT2D eigenvalue weighted by atomic mass is 32.2. The van der Waals surface area contributed by atoms with Gasteiger partial charge in [0, 0.05) is 35.8 Å². The van der Waals surface area contributed by atoms with Crippen LogP contribution in [-0.2, 0) is 4.79 Å². The Bertz CT molecular complexity index is 780. The van der Waals surface area contributed by atoms with E-state index in [1.807, 2.05) is 11.8 Å². The molecule has 0 aliphatic carbocycles. The molecule has 2 aliphatic rings. The van der Waals surface area contributed by atoms with Gasteiger partial charge >= 0.3 is 5.97 Å². The molecule has 1 fully saturated rings. The van der Waals surface area contributed by atoms with Gasteiger partial charge in [0.25, 0.3) is 0 Å². The van der Waals surface area contributed by atoms with Crippen molar-refractivity contribution in [2.24, 2.45) is 0 Å². The van der Waals surface area contributed by atoms with Crippen molar-refractivity contribution in [3.05, 3.63) is 54.1 Å². The number of hydrogen-bond donors (Lipinski definition) is 1. The molecular formula is C20H22N2O2S. The average molecular weight is 354 g/mol. The molecule has 2 aromatic rings. The second kappa shape index (κ2) is 7.10. The Morgan fingerprint density at radius 2 is 1.84 bits per heavy atom. The predicted octanol–water partition coefficient (Wildman–Crippen LogP) is 3.88. The molecule has 1 atom stereocenters. The maximum absolute atomic E-state index is 10.8. The van der Waals surface area contributed by atoms with E-state index in [4.69, 9.17) is 5.11 Å². The van der Waals surface area contributed by atoms with Gasteiger partial charge in [-0.1, -0.05) is 42.1 Å². The normalized spacial score (nSPS) is 19.5. The first kappa shape index (κ1) is 16.5. The molecule has 0 aromatic heterocycles. The van der Waals surface area contributed by atoms with Crippen molar-refractivity contribution < 1.29 is 9.90 Å². The SMILES string of the molecule is O=C(O)CCCN1CCN2c3ccccc3Sc3ccccc3C2C1. The second-order valence-corrected chi connectivity index (χ2v) is 7.70. The van der Waals surface area contributed by atoms with Crippen LogP contribution in [0.1, 0.15) is 24.4 Å². The smallest absolute Gasteiger partial charge is 0.303 e. The third-order valence-electron chi connectivity index (χ3n) is 5.00. The molecule has 0 saturated carbocycles. The Morgan fingerprint density at radius 3 is 2.68 bits per heavy atom. The van der Waals surface area contributed by atoms with Crippen LogP contribution in [0.2, 0.25) is 0 Å². The maximum Gasteiger partial charge on any atom is 0.303 e. The van der Waals surface area contributed by atoms with Crippen LogP contribution in [0.25, 0.3) is 0 Å². The van der Waals surface area contributed by atoms with E-state index in [0.29, 0.717) is 6.04 Å². The number of hydrogen-bond acceptors (Lipinski definition) is 4. The monoisotopic (exact) mass is 354 g/mol. The van der Waals surface area contributed by atoms with E-state index in [0.717, 1.165) is 32.6 Å². The first-order chi connectivity index (χ1) is 12.2. The van der Waals surface area contributed by atoms with Crippen LogP contribution in [0.15, 0.2) is 58.3 Å². The summed E-state index contributed by atoms with van der Waals surface area (Å²) in [5.74, 6) is -0.705. The number of benzene rings is 2. The molecule has 0 amide bonds. The Hall–Kier alpha value is -1.98. The van der Waals surface area contributed by atoms with Crippen molar-refractivity contribution in [3.63, 3.8) is 0 Å². The number of fused-ring (bicyclic) bond motifs is 5. The topological polar surface area (TPSA) is 43.8 Å². The van der Waals surface area contributed by atoms with Crippen molar-refractivity contribution in [3.8, 4) is 0 Å². The van der Waals surface area contributed by atoms with E-state index >= 15 is 0 Å². The van der Waals surface area contributed by atoms with Gasteiger partial charge in [-0.05, 0) is 36.7 Å². The molecule has 0 radical (unpaired) electrons. The molecule has 2 heterocycles. The molecule has 5 heteroatoms. The molecule has 25 heavy (non-hydrogen) atoms. The lowest BCUT2D eigenvalue weighted by atomic mass is 10.0. The highest BCUT2D eigenvalue weighted by molar-refractivity contribution is 7.99. The molecule has 0 spiro atoms. The molecule has 2 aromatic carbocycles. The van der Waals surface area contributed by atoms with Crippen LogP contribution in [0.3, 0.4) is 0 Å². The Balaban J connectivity index is 1.62. The molecule has 2 aliphatic heterocycles. The average Bonchev–Trinajstić information content (AvgIpc) is 2.76. The second-order valence-electron chi connectivity index (χ2n) is 6.61. The van der Waals surface area contributed by atoms with Gasteiger partial charge in [-0.2, -0.15) is 0 Å². The molecule has 4 rings (SSSR count). The molecule has 0 bridgehead atoms. The van der Waals surface area contributed by atoms with Crippen LogP contribution >= 0.6 is 11.8 Å². The minimum absolute atomic E-state index is 0.250. The van der Waals surface area contributed by atoms with Gasteiger partial charge < -0.3 is 10.0 Å². The van der Waals surface area contributed by atoms with E-state index in [1.165, 1.54) is 21.0 Å². The Labute approximate surface area is 152 Å². The largest absolute Gasteiger partial charge is 0.481 e. The van der Waals surface area contributed by atoms with Gasteiger partial charge in [-0.25, -0.2) is 0 Å². The summed E-state index contributed by atoms with van der Waals surface area (Å²) in [7, 11) is 0. The number of aliphatic carboxylic acids is 1.